The fourth-order valence-electron chi connectivity index (χ4n) is 4.32. The number of unbranched alkanes of at least 4 members (excludes halogenated alkanes) is 1. The normalized spacial score (nSPS) is 11.4. The van der Waals surface area contributed by atoms with Crippen molar-refractivity contribution >= 4 is 33.5 Å². The van der Waals surface area contributed by atoms with Crippen molar-refractivity contribution in [3.8, 4) is 33.6 Å². The minimum Gasteiger partial charge on any atom is -0.472 e. The fourth-order valence-corrected chi connectivity index (χ4v) is 4.32. The number of rotatable bonds is 7. The number of hydrogen-bond donors (Lipinski definition) is 3. The van der Waals surface area contributed by atoms with E-state index in [0.717, 1.165) is 62.8 Å². The number of furan rings is 1. The van der Waals surface area contributed by atoms with Crippen molar-refractivity contribution in [3.05, 3.63) is 67.8 Å². The third-order valence-electron chi connectivity index (χ3n) is 6.17. The maximum absolute atomic E-state index is 12.2. The summed E-state index contributed by atoms with van der Waals surface area (Å²) in [5, 5.41) is 12.4. The lowest BCUT2D eigenvalue weighted by Crippen LogP contribution is -2.11. The van der Waals surface area contributed by atoms with E-state index in [-0.39, 0.29) is 5.91 Å². The van der Waals surface area contributed by atoms with E-state index in [1.54, 1.807) is 37.3 Å². The summed E-state index contributed by atoms with van der Waals surface area (Å²) in [5.74, 6) is -0.00964. The number of fused-ring (bicyclic) bond motifs is 2. The molecule has 9 nitrogen and oxygen atoms in total. The van der Waals surface area contributed by atoms with Crippen LogP contribution in [-0.2, 0) is 4.79 Å². The summed E-state index contributed by atoms with van der Waals surface area (Å²) in [6.45, 7) is 2.06. The topological polar surface area (TPSA) is 125 Å². The first kappa shape index (κ1) is 21.7. The number of hydrogen-bond acceptors (Lipinski definition) is 6. The van der Waals surface area contributed by atoms with E-state index in [2.05, 4.69) is 48.4 Å². The molecular formula is C27H23N7O2. The molecule has 0 unspecified atom stereocenters. The summed E-state index contributed by atoms with van der Waals surface area (Å²) in [4.78, 5) is 28.9. The van der Waals surface area contributed by atoms with E-state index in [1.807, 2.05) is 24.4 Å². The molecule has 0 aliphatic heterocycles. The van der Waals surface area contributed by atoms with E-state index in [1.165, 1.54) is 0 Å². The van der Waals surface area contributed by atoms with Gasteiger partial charge in [-0.05, 0) is 30.7 Å². The first-order valence-corrected chi connectivity index (χ1v) is 11.8. The highest BCUT2D eigenvalue weighted by Crippen LogP contribution is 2.34. The Morgan fingerprint density at radius 3 is 2.75 bits per heavy atom. The van der Waals surface area contributed by atoms with Crippen molar-refractivity contribution in [1.82, 2.24) is 30.1 Å². The van der Waals surface area contributed by atoms with Crippen LogP contribution < -0.4 is 5.32 Å². The van der Waals surface area contributed by atoms with Crippen LogP contribution in [0.15, 0.2) is 72.2 Å². The summed E-state index contributed by atoms with van der Waals surface area (Å²) < 4.78 is 5.27. The highest BCUT2D eigenvalue weighted by atomic mass is 16.3. The number of anilines is 1. The zero-order chi connectivity index (χ0) is 24.5. The van der Waals surface area contributed by atoms with E-state index >= 15 is 0 Å². The Morgan fingerprint density at radius 1 is 1.00 bits per heavy atom. The third kappa shape index (κ3) is 4.00. The molecule has 1 amide bonds. The molecule has 6 heterocycles. The predicted octanol–water partition coefficient (Wildman–Crippen LogP) is 5.95. The molecule has 0 atom stereocenters. The number of pyridine rings is 3. The van der Waals surface area contributed by atoms with Crippen molar-refractivity contribution in [2.75, 3.05) is 5.32 Å². The van der Waals surface area contributed by atoms with Crippen LogP contribution in [0.1, 0.15) is 26.2 Å². The Kier molecular flexibility index (Phi) is 5.49. The molecule has 0 fully saturated rings. The molecule has 6 aromatic rings. The van der Waals surface area contributed by atoms with E-state index in [4.69, 9.17) is 4.42 Å². The highest BCUT2D eigenvalue weighted by molar-refractivity contribution is 6.00. The largest absolute Gasteiger partial charge is 0.472 e. The van der Waals surface area contributed by atoms with Gasteiger partial charge in [0.2, 0.25) is 5.91 Å². The molecule has 9 heteroatoms. The van der Waals surface area contributed by atoms with Crippen LogP contribution in [0, 0.1) is 0 Å². The van der Waals surface area contributed by atoms with Gasteiger partial charge >= 0.3 is 0 Å². The van der Waals surface area contributed by atoms with Crippen LogP contribution >= 0.6 is 0 Å². The van der Waals surface area contributed by atoms with Crippen LogP contribution in [0.4, 0.5) is 5.69 Å². The first-order chi connectivity index (χ1) is 17.7. The van der Waals surface area contributed by atoms with E-state index in [0.29, 0.717) is 17.8 Å². The minimum absolute atomic E-state index is 0.00964. The minimum atomic E-state index is -0.00964. The van der Waals surface area contributed by atoms with Gasteiger partial charge in [0, 0.05) is 58.0 Å². The molecule has 0 spiro atoms. The summed E-state index contributed by atoms with van der Waals surface area (Å²) in [7, 11) is 0. The number of H-pyrrole nitrogens is 2. The number of carbonyl (C=O) groups is 1. The lowest BCUT2D eigenvalue weighted by Gasteiger charge is -2.07. The number of aromatic nitrogens is 6. The van der Waals surface area contributed by atoms with Crippen molar-refractivity contribution in [3.63, 3.8) is 0 Å². The smallest absolute Gasteiger partial charge is 0.224 e. The molecule has 0 aliphatic carbocycles. The standard InChI is InChI=1S/C27H23N7O2/c1-2-3-4-25(35)31-19-7-17(10-28-12-19)18-8-21-26(33-34-27(21)30-11-18)23-9-20-22(16-5-6-36-15-16)13-29-14-24(20)32-23/h5-15,32H,2-4H2,1H3,(H,31,35)(H,30,33,34). The SMILES string of the molecule is CCCCC(=O)Nc1cncc(-c2cnc3n[nH]c(-c4cc5c(-c6ccoc6)cncc5[nH]4)c3c2)c1. The monoisotopic (exact) mass is 477 g/mol. The summed E-state index contributed by atoms with van der Waals surface area (Å²) in [5.41, 5.74) is 7.55. The van der Waals surface area contributed by atoms with Crippen molar-refractivity contribution < 1.29 is 9.21 Å². The Bertz CT molecular complexity index is 1680. The quantitative estimate of drug-likeness (QED) is 0.261. The molecular weight excluding hydrogens is 454 g/mol. The van der Waals surface area contributed by atoms with Crippen molar-refractivity contribution in [2.45, 2.75) is 26.2 Å². The summed E-state index contributed by atoms with van der Waals surface area (Å²) in [6, 6.07) is 7.93. The molecule has 6 aromatic heterocycles. The van der Waals surface area contributed by atoms with E-state index < -0.39 is 0 Å². The first-order valence-electron chi connectivity index (χ1n) is 11.8. The lowest BCUT2D eigenvalue weighted by atomic mass is 10.1. The molecule has 178 valence electrons. The molecule has 0 radical (unpaired) electrons. The van der Waals surface area contributed by atoms with Gasteiger partial charge in [0.15, 0.2) is 5.65 Å². The summed E-state index contributed by atoms with van der Waals surface area (Å²) in [6.07, 6.45) is 14.5. The molecule has 0 saturated heterocycles. The average molecular weight is 478 g/mol. The van der Waals surface area contributed by atoms with Gasteiger partial charge < -0.3 is 14.7 Å². The van der Waals surface area contributed by atoms with Crippen LogP contribution in [0.3, 0.4) is 0 Å². The number of nitrogens with one attached hydrogen (secondary N) is 3. The lowest BCUT2D eigenvalue weighted by molar-refractivity contribution is -0.116. The zero-order valence-electron chi connectivity index (χ0n) is 19.6. The number of amides is 1. The Morgan fingerprint density at radius 2 is 1.89 bits per heavy atom. The van der Waals surface area contributed by atoms with Gasteiger partial charge in [-0.1, -0.05) is 13.3 Å². The number of aromatic amines is 2. The van der Waals surface area contributed by atoms with E-state index in [9.17, 15) is 4.79 Å². The average Bonchev–Trinajstić information content (AvgIpc) is 3.66. The fraction of sp³-hybridized carbons (Fsp3) is 0.148. The van der Waals surface area contributed by atoms with Gasteiger partial charge in [-0.3, -0.25) is 19.9 Å². The molecule has 36 heavy (non-hydrogen) atoms. The maximum Gasteiger partial charge on any atom is 0.224 e. The van der Waals surface area contributed by atoms with Gasteiger partial charge in [0.1, 0.15) is 0 Å². The molecule has 6 rings (SSSR count). The zero-order valence-corrected chi connectivity index (χ0v) is 19.6. The van der Waals surface area contributed by atoms with Crippen LogP contribution in [0.2, 0.25) is 0 Å². The third-order valence-corrected chi connectivity index (χ3v) is 6.17. The van der Waals surface area contributed by atoms with Gasteiger partial charge in [-0.25, -0.2) is 4.98 Å². The number of nitrogens with zero attached hydrogens (tertiary/aromatic N) is 4. The Labute approximate surface area is 206 Å². The van der Waals surface area contributed by atoms with Gasteiger partial charge in [0.05, 0.1) is 47.5 Å². The van der Waals surface area contributed by atoms with Crippen LogP contribution in [-0.4, -0.2) is 36.0 Å². The molecule has 0 saturated carbocycles. The molecule has 0 aliphatic rings. The molecule has 3 N–H and O–H groups in total. The van der Waals surface area contributed by atoms with Crippen LogP contribution in [0.5, 0.6) is 0 Å². The van der Waals surface area contributed by atoms with Gasteiger partial charge in [0.25, 0.3) is 0 Å². The Balaban J connectivity index is 1.37. The molecule has 0 aromatic carbocycles. The van der Waals surface area contributed by atoms with Crippen molar-refractivity contribution in [2.24, 2.45) is 0 Å². The summed E-state index contributed by atoms with van der Waals surface area (Å²) >= 11 is 0. The maximum atomic E-state index is 12.2. The second-order valence-electron chi connectivity index (χ2n) is 8.65. The second-order valence-corrected chi connectivity index (χ2v) is 8.65. The van der Waals surface area contributed by atoms with Crippen LogP contribution in [0.25, 0.3) is 55.6 Å². The highest BCUT2D eigenvalue weighted by Gasteiger charge is 2.15. The molecule has 0 bridgehead atoms. The van der Waals surface area contributed by atoms with Gasteiger partial charge in [-0.2, -0.15) is 5.10 Å². The van der Waals surface area contributed by atoms with Crippen molar-refractivity contribution in [1.29, 1.82) is 0 Å². The second kappa shape index (κ2) is 9.10. The number of carbonyl (C=O) groups excluding carboxylic acids is 1. The van der Waals surface area contributed by atoms with Gasteiger partial charge in [-0.15, -0.1) is 0 Å². The Hall–Kier alpha value is -4.79. The predicted molar refractivity (Wildman–Crippen MR) is 138 cm³/mol.